The largest absolute Gasteiger partial charge is 0.464 e. The van der Waals surface area contributed by atoms with Crippen molar-refractivity contribution < 1.29 is 14.3 Å². The Morgan fingerprint density at radius 3 is 3.06 bits per heavy atom. The highest BCUT2D eigenvalue weighted by molar-refractivity contribution is 5.86. The van der Waals surface area contributed by atoms with E-state index in [9.17, 15) is 4.79 Å². The molecule has 1 unspecified atom stereocenters. The van der Waals surface area contributed by atoms with E-state index in [0.717, 1.165) is 32.4 Å². The summed E-state index contributed by atoms with van der Waals surface area (Å²) in [6.45, 7) is 1.66. The number of nitrogens with one attached hydrogen (secondary N) is 1. The molecule has 1 aliphatic rings. The van der Waals surface area contributed by atoms with Gasteiger partial charge in [0.2, 0.25) is 0 Å². The standard InChI is InChI=1S/C12H17N3O3/c1-17-12(16)10-4-5-11(15-14-10)13-7-6-9-3-2-8-18-9/h4-5,9H,2-3,6-8H2,1H3,(H,13,15). The van der Waals surface area contributed by atoms with Gasteiger partial charge >= 0.3 is 5.97 Å². The van der Waals surface area contributed by atoms with Gasteiger partial charge in [-0.05, 0) is 31.4 Å². The topological polar surface area (TPSA) is 73.3 Å². The molecule has 0 aromatic carbocycles. The summed E-state index contributed by atoms with van der Waals surface area (Å²) in [5.74, 6) is 0.175. The van der Waals surface area contributed by atoms with Crippen molar-refractivity contribution in [3.63, 3.8) is 0 Å². The zero-order chi connectivity index (χ0) is 12.8. The predicted molar refractivity (Wildman–Crippen MR) is 65.5 cm³/mol. The highest BCUT2D eigenvalue weighted by Crippen LogP contribution is 2.15. The fourth-order valence-electron chi connectivity index (χ4n) is 1.87. The van der Waals surface area contributed by atoms with Crippen molar-refractivity contribution in [2.45, 2.75) is 25.4 Å². The molecule has 0 aliphatic carbocycles. The Labute approximate surface area is 106 Å². The molecule has 0 amide bonds. The predicted octanol–water partition coefficient (Wildman–Crippen LogP) is 1.24. The zero-order valence-corrected chi connectivity index (χ0v) is 10.4. The van der Waals surface area contributed by atoms with Gasteiger partial charge in [0, 0.05) is 13.2 Å². The molecule has 0 bridgehead atoms. The molecule has 0 spiro atoms. The van der Waals surface area contributed by atoms with Crippen LogP contribution in [0.5, 0.6) is 0 Å². The van der Waals surface area contributed by atoms with Gasteiger partial charge in [0.25, 0.3) is 0 Å². The third kappa shape index (κ3) is 3.40. The molecule has 1 fully saturated rings. The van der Waals surface area contributed by atoms with Crippen molar-refractivity contribution >= 4 is 11.8 Å². The number of hydrogen-bond donors (Lipinski definition) is 1. The van der Waals surface area contributed by atoms with E-state index in [2.05, 4.69) is 20.3 Å². The van der Waals surface area contributed by atoms with Crippen LogP contribution in [0.3, 0.4) is 0 Å². The lowest BCUT2D eigenvalue weighted by Crippen LogP contribution is -2.14. The van der Waals surface area contributed by atoms with E-state index in [1.54, 1.807) is 12.1 Å². The summed E-state index contributed by atoms with van der Waals surface area (Å²) in [6, 6.07) is 3.31. The molecule has 6 heteroatoms. The van der Waals surface area contributed by atoms with E-state index in [1.807, 2.05) is 0 Å². The number of anilines is 1. The zero-order valence-electron chi connectivity index (χ0n) is 10.4. The van der Waals surface area contributed by atoms with E-state index in [0.29, 0.717) is 11.9 Å². The van der Waals surface area contributed by atoms with Gasteiger partial charge in [0.1, 0.15) is 5.82 Å². The van der Waals surface area contributed by atoms with Crippen molar-refractivity contribution in [2.75, 3.05) is 25.6 Å². The number of carbonyl (C=O) groups is 1. The number of hydrogen-bond acceptors (Lipinski definition) is 6. The van der Waals surface area contributed by atoms with Crippen LogP contribution in [0.4, 0.5) is 5.82 Å². The molecule has 1 atom stereocenters. The van der Waals surface area contributed by atoms with Gasteiger partial charge in [-0.2, -0.15) is 0 Å². The summed E-state index contributed by atoms with van der Waals surface area (Å²) >= 11 is 0. The van der Waals surface area contributed by atoms with Gasteiger partial charge in [-0.15, -0.1) is 10.2 Å². The molecule has 98 valence electrons. The number of methoxy groups -OCH3 is 1. The highest BCUT2D eigenvalue weighted by Gasteiger charge is 2.14. The van der Waals surface area contributed by atoms with E-state index in [-0.39, 0.29) is 5.69 Å². The Morgan fingerprint density at radius 1 is 1.56 bits per heavy atom. The monoisotopic (exact) mass is 251 g/mol. The normalized spacial score (nSPS) is 18.6. The first kappa shape index (κ1) is 12.8. The van der Waals surface area contributed by atoms with Gasteiger partial charge in [0.05, 0.1) is 13.2 Å². The molecule has 2 rings (SSSR count). The Kier molecular flexibility index (Phi) is 4.46. The van der Waals surface area contributed by atoms with Crippen molar-refractivity contribution in [3.05, 3.63) is 17.8 Å². The van der Waals surface area contributed by atoms with E-state index in [4.69, 9.17) is 4.74 Å². The van der Waals surface area contributed by atoms with Crippen LogP contribution in [0.2, 0.25) is 0 Å². The number of ether oxygens (including phenoxy) is 2. The first-order valence-corrected chi connectivity index (χ1v) is 6.07. The number of rotatable bonds is 5. The van der Waals surface area contributed by atoms with Crippen molar-refractivity contribution in [3.8, 4) is 0 Å². The van der Waals surface area contributed by atoms with Gasteiger partial charge in [-0.1, -0.05) is 0 Å². The van der Waals surface area contributed by atoms with E-state index >= 15 is 0 Å². The van der Waals surface area contributed by atoms with Crippen molar-refractivity contribution in [1.29, 1.82) is 0 Å². The second-order valence-corrected chi connectivity index (χ2v) is 4.15. The Morgan fingerprint density at radius 2 is 2.44 bits per heavy atom. The molecular weight excluding hydrogens is 234 g/mol. The lowest BCUT2D eigenvalue weighted by molar-refractivity contribution is 0.0593. The van der Waals surface area contributed by atoms with Crippen LogP contribution in [0.25, 0.3) is 0 Å². The van der Waals surface area contributed by atoms with E-state index in [1.165, 1.54) is 7.11 Å². The smallest absolute Gasteiger partial charge is 0.358 e. The van der Waals surface area contributed by atoms with Crippen LogP contribution in [0.15, 0.2) is 12.1 Å². The van der Waals surface area contributed by atoms with Crippen LogP contribution in [-0.4, -0.2) is 42.5 Å². The molecule has 6 nitrogen and oxygen atoms in total. The Balaban J connectivity index is 1.77. The maximum Gasteiger partial charge on any atom is 0.358 e. The van der Waals surface area contributed by atoms with E-state index < -0.39 is 5.97 Å². The summed E-state index contributed by atoms with van der Waals surface area (Å²) in [5, 5.41) is 10.8. The molecule has 2 heterocycles. The molecule has 1 aromatic rings. The summed E-state index contributed by atoms with van der Waals surface area (Å²) in [4.78, 5) is 11.2. The molecular formula is C12H17N3O3. The van der Waals surface area contributed by atoms with Crippen LogP contribution in [0, 0.1) is 0 Å². The number of carbonyl (C=O) groups excluding carboxylic acids is 1. The lowest BCUT2D eigenvalue weighted by Gasteiger charge is -2.10. The summed E-state index contributed by atoms with van der Waals surface area (Å²) in [7, 11) is 1.32. The average Bonchev–Trinajstić information content (AvgIpc) is 2.92. The van der Waals surface area contributed by atoms with Crippen LogP contribution in [-0.2, 0) is 9.47 Å². The maximum atomic E-state index is 11.2. The van der Waals surface area contributed by atoms with Gasteiger partial charge in [-0.25, -0.2) is 4.79 Å². The second kappa shape index (κ2) is 6.30. The molecule has 1 aromatic heterocycles. The average molecular weight is 251 g/mol. The Hall–Kier alpha value is -1.69. The van der Waals surface area contributed by atoms with Gasteiger partial charge in [-0.3, -0.25) is 0 Å². The quantitative estimate of drug-likeness (QED) is 0.794. The minimum absolute atomic E-state index is 0.210. The molecule has 1 saturated heterocycles. The third-order valence-corrected chi connectivity index (χ3v) is 2.86. The fraction of sp³-hybridized carbons (Fsp3) is 0.583. The van der Waals surface area contributed by atoms with Crippen LogP contribution >= 0.6 is 0 Å². The number of nitrogens with zero attached hydrogens (tertiary/aromatic N) is 2. The maximum absolute atomic E-state index is 11.2. The Bertz CT molecular complexity index is 388. The lowest BCUT2D eigenvalue weighted by atomic mass is 10.2. The van der Waals surface area contributed by atoms with Gasteiger partial charge in [0.15, 0.2) is 5.69 Å². The summed E-state index contributed by atoms with van der Waals surface area (Å²) in [5.41, 5.74) is 0.210. The minimum Gasteiger partial charge on any atom is -0.464 e. The fourth-order valence-corrected chi connectivity index (χ4v) is 1.87. The molecule has 0 radical (unpaired) electrons. The molecule has 1 aliphatic heterocycles. The van der Waals surface area contributed by atoms with Crippen molar-refractivity contribution in [2.24, 2.45) is 0 Å². The minimum atomic E-state index is -0.478. The number of aromatic nitrogens is 2. The molecule has 18 heavy (non-hydrogen) atoms. The second-order valence-electron chi connectivity index (χ2n) is 4.15. The van der Waals surface area contributed by atoms with Crippen LogP contribution in [0.1, 0.15) is 29.8 Å². The van der Waals surface area contributed by atoms with Crippen LogP contribution < -0.4 is 5.32 Å². The highest BCUT2D eigenvalue weighted by atomic mass is 16.5. The third-order valence-electron chi connectivity index (χ3n) is 2.86. The van der Waals surface area contributed by atoms with Gasteiger partial charge < -0.3 is 14.8 Å². The first-order chi connectivity index (χ1) is 8.79. The molecule has 0 saturated carbocycles. The summed E-state index contributed by atoms with van der Waals surface area (Å²) in [6.07, 6.45) is 3.60. The van der Waals surface area contributed by atoms with Crippen molar-refractivity contribution in [1.82, 2.24) is 10.2 Å². The SMILES string of the molecule is COC(=O)c1ccc(NCCC2CCCO2)nn1. The molecule has 1 N–H and O–H groups in total. The summed E-state index contributed by atoms with van der Waals surface area (Å²) < 4.78 is 10.1. The number of esters is 1. The first-order valence-electron chi connectivity index (χ1n) is 6.07.